The summed E-state index contributed by atoms with van der Waals surface area (Å²) in [4.78, 5) is 24.1. The second-order valence-electron chi connectivity index (χ2n) is 6.94. The number of aliphatic imine (C=N–C) groups is 1. The second-order valence-corrected chi connectivity index (χ2v) is 6.94. The summed E-state index contributed by atoms with van der Waals surface area (Å²) in [5.41, 5.74) is 0.814. The molecule has 1 aromatic rings. The van der Waals surface area contributed by atoms with Crippen LogP contribution in [0.1, 0.15) is 26.0 Å². The van der Waals surface area contributed by atoms with Crippen molar-refractivity contribution in [1.82, 2.24) is 20.1 Å². The SMILES string of the molecule is CCNC(=NCCC(=O)Nc1cccc(C)n1)N1CCN(C(C)C(F)(F)F)CC1.I. The van der Waals surface area contributed by atoms with Gasteiger partial charge in [-0.25, -0.2) is 4.98 Å². The van der Waals surface area contributed by atoms with Gasteiger partial charge in [0.1, 0.15) is 11.9 Å². The molecule has 2 heterocycles. The van der Waals surface area contributed by atoms with Gasteiger partial charge in [-0.15, -0.1) is 24.0 Å². The van der Waals surface area contributed by atoms with E-state index in [2.05, 4.69) is 20.6 Å². The van der Waals surface area contributed by atoms with Crippen LogP contribution in [0.25, 0.3) is 0 Å². The van der Waals surface area contributed by atoms with Crippen LogP contribution in [0.3, 0.4) is 0 Å². The molecule has 1 aliphatic rings. The van der Waals surface area contributed by atoms with Crippen molar-refractivity contribution in [3.05, 3.63) is 23.9 Å². The largest absolute Gasteiger partial charge is 0.403 e. The summed E-state index contributed by atoms with van der Waals surface area (Å²) in [6.07, 6.45) is -4.03. The van der Waals surface area contributed by atoms with E-state index in [0.717, 1.165) is 5.69 Å². The number of piperazine rings is 1. The first-order valence-corrected chi connectivity index (χ1v) is 9.78. The van der Waals surface area contributed by atoms with Crippen molar-refractivity contribution in [2.75, 3.05) is 44.6 Å². The van der Waals surface area contributed by atoms with Gasteiger partial charge in [-0.3, -0.25) is 14.7 Å². The average Bonchev–Trinajstić information content (AvgIpc) is 2.66. The Bertz CT molecular complexity index is 708. The molecule has 0 radical (unpaired) electrons. The Morgan fingerprint density at radius 2 is 1.93 bits per heavy atom. The minimum Gasteiger partial charge on any atom is -0.357 e. The molecule has 30 heavy (non-hydrogen) atoms. The molecule has 0 aromatic carbocycles. The Labute approximate surface area is 192 Å². The van der Waals surface area contributed by atoms with Crippen LogP contribution in [0, 0.1) is 6.92 Å². The lowest BCUT2D eigenvalue weighted by Crippen LogP contribution is -2.56. The zero-order chi connectivity index (χ0) is 21.4. The topological polar surface area (TPSA) is 72.9 Å². The number of amides is 1. The molecule has 170 valence electrons. The third-order valence-electron chi connectivity index (χ3n) is 4.73. The number of aromatic nitrogens is 1. The Hall–Kier alpha value is -1.63. The molecule has 0 bridgehead atoms. The molecule has 11 heteroatoms. The Kier molecular flexibility index (Phi) is 10.8. The highest BCUT2D eigenvalue weighted by molar-refractivity contribution is 14.0. The predicted octanol–water partition coefficient (Wildman–Crippen LogP) is 2.87. The van der Waals surface area contributed by atoms with Gasteiger partial charge >= 0.3 is 6.18 Å². The number of carbonyl (C=O) groups excluding carboxylic acids is 1. The van der Waals surface area contributed by atoms with Crippen LogP contribution in [-0.2, 0) is 4.79 Å². The number of pyridine rings is 1. The average molecular weight is 542 g/mol. The van der Waals surface area contributed by atoms with E-state index in [-0.39, 0.29) is 42.8 Å². The first-order valence-electron chi connectivity index (χ1n) is 9.78. The Morgan fingerprint density at radius 3 is 2.50 bits per heavy atom. The summed E-state index contributed by atoms with van der Waals surface area (Å²) < 4.78 is 38.7. The number of guanidine groups is 1. The third kappa shape index (κ3) is 8.25. The highest BCUT2D eigenvalue weighted by Crippen LogP contribution is 2.25. The molecule has 1 aromatic heterocycles. The molecule has 0 aliphatic carbocycles. The number of carbonyl (C=O) groups is 1. The van der Waals surface area contributed by atoms with Crippen molar-refractivity contribution in [2.45, 2.75) is 39.4 Å². The number of hydrogen-bond acceptors (Lipinski definition) is 4. The first-order chi connectivity index (χ1) is 13.7. The lowest BCUT2D eigenvalue weighted by atomic mass is 10.2. The number of anilines is 1. The number of alkyl halides is 3. The lowest BCUT2D eigenvalue weighted by Gasteiger charge is -2.39. The van der Waals surface area contributed by atoms with E-state index in [0.29, 0.717) is 44.5 Å². The second kappa shape index (κ2) is 12.3. The quantitative estimate of drug-likeness (QED) is 0.329. The van der Waals surface area contributed by atoms with Crippen LogP contribution in [0.4, 0.5) is 19.0 Å². The fraction of sp³-hybridized carbons (Fsp3) is 0.632. The summed E-state index contributed by atoms with van der Waals surface area (Å²) in [5, 5.41) is 5.88. The third-order valence-corrected chi connectivity index (χ3v) is 4.73. The van der Waals surface area contributed by atoms with E-state index in [1.807, 2.05) is 30.9 Å². The molecule has 1 atom stereocenters. The summed E-state index contributed by atoms with van der Waals surface area (Å²) in [7, 11) is 0. The van der Waals surface area contributed by atoms with E-state index >= 15 is 0 Å². The number of nitrogens with one attached hydrogen (secondary N) is 2. The van der Waals surface area contributed by atoms with Gasteiger partial charge in [0.2, 0.25) is 5.91 Å². The van der Waals surface area contributed by atoms with E-state index in [1.54, 1.807) is 6.07 Å². The van der Waals surface area contributed by atoms with Crippen molar-refractivity contribution in [3.8, 4) is 0 Å². The maximum Gasteiger partial charge on any atom is 0.403 e. The molecular weight excluding hydrogens is 512 g/mol. The first kappa shape index (κ1) is 26.4. The summed E-state index contributed by atoms with van der Waals surface area (Å²) in [6, 6.07) is 3.93. The van der Waals surface area contributed by atoms with Gasteiger partial charge < -0.3 is 15.5 Å². The maximum absolute atomic E-state index is 12.9. The van der Waals surface area contributed by atoms with Crippen molar-refractivity contribution < 1.29 is 18.0 Å². The molecule has 1 unspecified atom stereocenters. The number of halogens is 4. The molecule has 1 amide bonds. The van der Waals surface area contributed by atoms with Crippen molar-refractivity contribution in [2.24, 2.45) is 4.99 Å². The molecular formula is C19H30F3IN6O. The van der Waals surface area contributed by atoms with Gasteiger partial charge in [-0.05, 0) is 32.9 Å². The zero-order valence-electron chi connectivity index (χ0n) is 17.5. The lowest BCUT2D eigenvalue weighted by molar-refractivity contribution is -0.181. The van der Waals surface area contributed by atoms with Crippen molar-refractivity contribution >= 4 is 41.7 Å². The Balaban J connectivity index is 0.00000450. The molecule has 0 spiro atoms. The molecule has 1 aliphatic heterocycles. The molecule has 2 N–H and O–H groups in total. The predicted molar refractivity (Wildman–Crippen MR) is 122 cm³/mol. The molecule has 1 fully saturated rings. The number of aryl methyl sites for hydroxylation is 1. The number of nitrogens with zero attached hydrogens (tertiary/aromatic N) is 4. The monoisotopic (exact) mass is 542 g/mol. The van der Waals surface area contributed by atoms with Crippen molar-refractivity contribution in [3.63, 3.8) is 0 Å². The van der Waals surface area contributed by atoms with Crippen LogP contribution in [-0.4, -0.2) is 78.1 Å². The van der Waals surface area contributed by atoms with Gasteiger partial charge in [-0.1, -0.05) is 6.07 Å². The maximum atomic E-state index is 12.9. The highest BCUT2D eigenvalue weighted by Gasteiger charge is 2.41. The fourth-order valence-corrected chi connectivity index (χ4v) is 3.04. The number of rotatable bonds is 6. The van der Waals surface area contributed by atoms with Gasteiger partial charge in [0.05, 0.1) is 6.54 Å². The van der Waals surface area contributed by atoms with E-state index in [1.165, 1.54) is 11.8 Å². The van der Waals surface area contributed by atoms with E-state index < -0.39 is 12.2 Å². The Morgan fingerprint density at radius 1 is 1.27 bits per heavy atom. The molecule has 7 nitrogen and oxygen atoms in total. The fourth-order valence-electron chi connectivity index (χ4n) is 3.04. The smallest absolute Gasteiger partial charge is 0.357 e. The summed E-state index contributed by atoms with van der Waals surface area (Å²) >= 11 is 0. The van der Waals surface area contributed by atoms with Gasteiger partial charge in [0.15, 0.2) is 5.96 Å². The van der Waals surface area contributed by atoms with Crippen LogP contribution in [0.2, 0.25) is 0 Å². The zero-order valence-corrected chi connectivity index (χ0v) is 19.8. The normalized spacial score (nSPS) is 16.6. The van der Waals surface area contributed by atoms with Gasteiger partial charge in [0, 0.05) is 44.8 Å². The van der Waals surface area contributed by atoms with E-state index in [4.69, 9.17) is 0 Å². The van der Waals surface area contributed by atoms with E-state index in [9.17, 15) is 18.0 Å². The van der Waals surface area contributed by atoms with Crippen LogP contribution in [0.15, 0.2) is 23.2 Å². The van der Waals surface area contributed by atoms with Crippen LogP contribution < -0.4 is 10.6 Å². The standard InChI is InChI=1S/C19H29F3N6O.HI/c1-4-23-18(28-12-10-27(11-13-28)15(3)19(20,21)22)24-9-8-17(29)26-16-7-5-6-14(2)25-16;/h5-7,15H,4,8-13H2,1-3H3,(H,23,24)(H,25,26,29);1H. The molecule has 0 saturated carbocycles. The van der Waals surface area contributed by atoms with Crippen molar-refractivity contribution in [1.29, 1.82) is 0 Å². The number of hydrogen-bond donors (Lipinski definition) is 2. The summed E-state index contributed by atoms with van der Waals surface area (Å²) in [6.45, 7) is 7.39. The molecule has 2 rings (SSSR count). The van der Waals surface area contributed by atoms with Crippen LogP contribution in [0.5, 0.6) is 0 Å². The van der Waals surface area contributed by atoms with Gasteiger partial charge in [-0.2, -0.15) is 13.2 Å². The van der Waals surface area contributed by atoms with Gasteiger partial charge in [0.25, 0.3) is 0 Å². The molecule has 1 saturated heterocycles. The minimum absolute atomic E-state index is 0. The van der Waals surface area contributed by atoms with Crippen LogP contribution >= 0.6 is 24.0 Å². The minimum atomic E-state index is -4.22. The summed E-state index contributed by atoms with van der Waals surface area (Å²) in [5.74, 6) is 0.931. The highest BCUT2D eigenvalue weighted by atomic mass is 127.